The molecule has 0 amide bonds. The van der Waals surface area contributed by atoms with Gasteiger partial charge in [0.25, 0.3) is 0 Å². The molecule has 2 rings (SSSR count). The molecule has 0 unspecified atom stereocenters. The van der Waals surface area contributed by atoms with Gasteiger partial charge in [-0.1, -0.05) is 0 Å². The van der Waals surface area contributed by atoms with Gasteiger partial charge in [0.15, 0.2) is 0 Å². The molecule has 0 aliphatic heterocycles. The summed E-state index contributed by atoms with van der Waals surface area (Å²) in [5, 5.41) is 2.97. The second kappa shape index (κ2) is 4.99. The predicted molar refractivity (Wildman–Crippen MR) is 69.9 cm³/mol. The molecule has 1 saturated carbocycles. The van der Waals surface area contributed by atoms with Gasteiger partial charge < -0.3 is 10.2 Å². The standard InChI is InChI=1S/C11H17BrN4/c1-3-16(7-8-4-5-8)10-9(12)6-14-11(13-2)15-10/h6,8H,3-5,7H2,1-2H3,(H,13,14,15). The molecular formula is C11H17BrN4. The lowest BCUT2D eigenvalue weighted by molar-refractivity contribution is 0.729. The topological polar surface area (TPSA) is 41.1 Å². The highest BCUT2D eigenvalue weighted by atomic mass is 79.9. The van der Waals surface area contributed by atoms with Gasteiger partial charge in [-0.15, -0.1) is 0 Å². The third-order valence-electron chi connectivity index (χ3n) is 2.81. The van der Waals surface area contributed by atoms with Gasteiger partial charge in [0.2, 0.25) is 5.95 Å². The molecule has 88 valence electrons. The average Bonchev–Trinajstić information content (AvgIpc) is 3.11. The van der Waals surface area contributed by atoms with Crippen molar-refractivity contribution in [1.82, 2.24) is 9.97 Å². The quantitative estimate of drug-likeness (QED) is 0.902. The van der Waals surface area contributed by atoms with Crippen molar-refractivity contribution in [1.29, 1.82) is 0 Å². The Kier molecular flexibility index (Phi) is 3.63. The van der Waals surface area contributed by atoms with Gasteiger partial charge in [-0.2, -0.15) is 4.98 Å². The first kappa shape index (κ1) is 11.6. The van der Waals surface area contributed by atoms with E-state index >= 15 is 0 Å². The minimum absolute atomic E-state index is 0.674. The molecule has 4 nitrogen and oxygen atoms in total. The fourth-order valence-corrected chi connectivity index (χ4v) is 2.12. The van der Waals surface area contributed by atoms with Crippen molar-refractivity contribution < 1.29 is 0 Å². The molecule has 1 aliphatic carbocycles. The number of nitrogens with zero attached hydrogens (tertiary/aromatic N) is 3. The monoisotopic (exact) mass is 284 g/mol. The van der Waals surface area contributed by atoms with E-state index in [4.69, 9.17) is 0 Å². The molecule has 1 heterocycles. The third kappa shape index (κ3) is 2.64. The summed E-state index contributed by atoms with van der Waals surface area (Å²) in [7, 11) is 1.84. The summed E-state index contributed by atoms with van der Waals surface area (Å²) in [6, 6.07) is 0. The van der Waals surface area contributed by atoms with Crippen LogP contribution in [0.15, 0.2) is 10.7 Å². The number of hydrogen-bond acceptors (Lipinski definition) is 4. The minimum atomic E-state index is 0.674. The highest BCUT2D eigenvalue weighted by Gasteiger charge is 2.25. The third-order valence-corrected chi connectivity index (χ3v) is 3.37. The van der Waals surface area contributed by atoms with Crippen LogP contribution in [0.4, 0.5) is 11.8 Å². The van der Waals surface area contributed by atoms with Crippen molar-refractivity contribution in [3.63, 3.8) is 0 Å². The van der Waals surface area contributed by atoms with Crippen LogP contribution in [0.1, 0.15) is 19.8 Å². The summed E-state index contributed by atoms with van der Waals surface area (Å²) in [5.41, 5.74) is 0. The predicted octanol–water partition coefficient (Wildman–Crippen LogP) is 2.52. The zero-order chi connectivity index (χ0) is 11.5. The number of rotatable bonds is 5. The van der Waals surface area contributed by atoms with Gasteiger partial charge in [-0.3, -0.25) is 0 Å². The molecule has 16 heavy (non-hydrogen) atoms. The smallest absolute Gasteiger partial charge is 0.224 e. The van der Waals surface area contributed by atoms with Crippen molar-refractivity contribution in [3.8, 4) is 0 Å². The van der Waals surface area contributed by atoms with Crippen LogP contribution in [0.3, 0.4) is 0 Å². The SMILES string of the molecule is CCN(CC1CC1)c1nc(NC)ncc1Br. The lowest BCUT2D eigenvalue weighted by atomic mass is 10.3. The van der Waals surface area contributed by atoms with E-state index in [1.165, 1.54) is 12.8 Å². The van der Waals surface area contributed by atoms with E-state index in [0.29, 0.717) is 5.95 Å². The molecule has 0 bridgehead atoms. The van der Waals surface area contributed by atoms with Crippen LogP contribution in [-0.2, 0) is 0 Å². The van der Waals surface area contributed by atoms with E-state index in [2.05, 4.69) is 43.0 Å². The van der Waals surface area contributed by atoms with Gasteiger partial charge in [0.1, 0.15) is 5.82 Å². The molecule has 0 radical (unpaired) electrons. The van der Waals surface area contributed by atoms with Gasteiger partial charge >= 0.3 is 0 Å². The number of anilines is 2. The van der Waals surface area contributed by atoms with Crippen molar-refractivity contribution >= 4 is 27.7 Å². The summed E-state index contributed by atoms with van der Waals surface area (Å²) in [6.07, 6.45) is 4.53. The molecular weight excluding hydrogens is 268 g/mol. The maximum absolute atomic E-state index is 4.50. The first-order chi connectivity index (χ1) is 7.74. The maximum Gasteiger partial charge on any atom is 0.224 e. The molecule has 1 fully saturated rings. The fourth-order valence-electron chi connectivity index (χ4n) is 1.68. The lowest BCUT2D eigenvalue weighted by Gasteiger charge is -2.23. The van der Waals surface area contributed by atoms with Crippen molar-refractivity contribution in [3.05, 3.63) is 10.7 Å². The van der Waals surface area contributed by atoms with E-state index in [1.54, 1.807) is 0 Å². The van der Waals surface area contributed by atoms with Gasteiger partial charge in [0, 0.05) is 26.3 Å². The highest BCUT2D eigenvalue weighted by Crippen LogP contribution is 2.33. The molecule has 1 aliphatic rings. The normalized spacial score (nSPS) is 14.9. The van der Waals surface area contributed by atoms with Crippen molar-refractivity contribution in [2.45, 2.75) is 19.8 Å². The molecule has 5 heteroatoms. The first-order valence-electron chi connectivity index (χ1n) is 5.69. The molecule has 0 spiro atoms. The molecule has 0 saturated heterocycles. The highest BCUT2D eigenvalue weighted by molar-refractivity contribution is 9.10. The van der Waals surface area contributed by atoms with Crippen LogP contribution in [-0.4, -0.2) is 30.1 Å². The van der Waals surface area contributed by atoms with E-state index in [1.807, 2.05) is 13.2 Å². The van der Waals surface area contributed by atoms with Gasteiger partial charge in [-0.25, -0.2) is 4.98 Å². The lowest BCUT2D eigenvalue weighted by Crippen LogP contribution is -2.26. The Morgan fingerprint density at radius 1 is 1.56 bits per heavy atom. The second-order valence-corrected chi connectivity index (χ2v) is 4.95. The molecule has 1 N–H and O–H groups in total. The Bertz CT molecular complexity index is 365. The molecule has 1 aromatic heterocycles. The van der Waals surface area contributed by atoms with Crippen molar-refractivity contribution in [2.75, 3.05) is 30.4 Å². The van der Waals surface area contributed by atoms with Crippen LogP contribution in [0.5, 0.6) is 0 Å². The zero-order valence-electron chi connectivity index (χ0n) is 9.70. The van der Waals surface area contributed by atoms with Crippen LogP contribution in [0.2, 0.25) is 0 Å². The Balaban J connectivity index is 2.20. The van der Waals surface area contributed by atoms with Crippen molar-refractivity contribution in [2.24, 2.45) is 5.92 Å². The molecule has 0 aromatic carbocycles. The fraction of sp³-hybridized carbons (Fsp3) is 0.636. The summed E-state index contributed by atoms with van der Waals surface area (Å²) < 4.78 is 0.967. The number of hydrogen-bond donors (Lipinski definition) is 1. The summed E-state index contributed by atoms with van der Waals surface area (Å²) >= 11 is 3.52. The summed E-state index contributed by atoms with van der Waals surface area (Å²) in [4.78, 5) is 11.0. The van der Waals surface area contributed by atoms with E-state index in [0.717, 1.165) is 29.3 Å². The molecule has 0 atom stereocenters. The number of halogens is 1. The zero-order valence-corrected chi connectivity index (χ0v) is 11.3. The first-order valence-corrected chi connectivity index (χ1v) is 6.49. The van der Waals surface area contributed by atoms with Gasteiger partial charge in [0.05, 0.1) is 4.47 Å². The molecule has 1 aromatic rings. The van der Waals surface area contributed by atoms with E-state index in [-0.39, 0.29) is 0 Å². The largest absolute Gasteiger partial charge is 0.357 e. The maximum atomic E-state index is 4.50. The van der Waals surface area contributed by atoms with Crippen LogP contribution in [0.25, 0.3) is 0 Å². The summed E-state index contributed by atoms with van der Waals surface area (Å²) in [5.74, 6) is 2.53. The Labute approximate surface area is 105 Å². The number of nitrogens with one attached hydrogen (secondary N) is 1. The van der Waals surface area contributed by atoms with Gasteiger partial charge in [-0.05, 0) is 41.6 Å². The van der Waals surface area contributed by atoms with E-state index in [9.17, 15) is 0 Å². The summed E-state index contributed by atoms with van der Waals surface area (Å²) in [6.45, 7) is 4.25. The van der Waals surface area contributed by atoms with E-state index < -0.39 is 0 Å². The minimum Gasteiger partial charge on any atom is -0.357 e. The Morgan fingerprint density at radius 3 is 2.88 bits per heavy atom. The Morgan fingerprint density at radius 2 is 2.31 bits per heavy atom. The van der Waals surface area contributed by atoms with Crippen LogP contribution >= 0.6 is 15.9 Å². The Hall–Kier alpha value is -0.840. The second-order valence-electron chi connectivity index (χ2n) is 4.10. The van der Waals surface area contributed by atoms with Crippen LogP contribution < -0.4 is 10.2 Å². The number of aromatic nitrogens is 2. The van der Waals surface area contributed by atoms with Crippen LogP contribution in [0, 0.1) is 5.92 Å². The average molecular weight is 285 g/mol.